The third-order valence-electron chi connectivity index (χ3n) is 22.1. The largest absolute Gasteiger partial charge is 0.545 e. The molecule has 4 aliphatic rings. The number of hydrogen-bond donors (Lipinski definition) is 4. The summed E-state index contributed by atoms with van der Waals surface area (Å²) in [5, 5.41) is 41.8. The van der Waals surface area contributed by atoms with Crippen LogP contribution in [0.2, 0.25) is 26.2 Å². The van der Waals surface area contributed by atoms with Crippen molar-refractivity contribution >= 4 is 96.0 Å². The van der Waals surface area contributed by atoms with E-state index in [1.165, 1.54) is 32.9 Å². The number of carbonyl (C=O) groups excluding carboxylic acids is 6. The molecule has 4 aromatic carbocycles. The SMILES string of the molecule is CN(C)c1ccc2c(c1)[Si](C)(C)C1=CC(=[N+](C)C)C=CC1=C2c1ccc(C(=O)NCCOCCOCCOCCOCCC(=O)NCCOCCOCCOCCOCCOCCOCCOCCOCCOCCOCCNC(=O)CCOCCOCCOCCOCCNC(=O)c2ccc(C3=C4C=CC(=[N+](C)C)C=C4[Si](C)(C)c4cc(N(C)C)ccc43)c(C(=O)[O-])c2)cc1C(=O)[O-]. The molecule has 4 N–H and O–H groups in total. The van der Waals surface area contributed by atoms with Gasteiger partial charge in [-0.05, 0) is 126 Å². The lowest BCUT2D eigenvalue weighted by atomic mass is 9.86. The number of fused-ring (bicyclic) bond motifs is 4. The van der Waals surface area contributed by atoms with E-state index in [0.717, 1.165) is 56.2 Å². The number of carboxylic acids is 2. The van der Waals surface area contributed by atoms with E-state index in [9.17, 15) is 39.0 Å². The smallest absolute Gasteiger partial charge is 0.251 e. The number of nitrogens with one attached hydrogen (secondary N) is 4. The Kier molecular flexibility index (Phi) is 50.2. The molecular weight excluding hydrogens is 1760 g/mol. The predicted octanol–water partition coefficient (Wildman–Crippen LogP) is 2.98. The van der Waals surface area contributed by atoms with E-state index >= 15 is 0 Å². The summed E-state index contributed by atoms with van der Waals surface area (Å²) < 4.78 is 104. The maximum absolute atomic E-state index is 13.3. The van der Waals surface area contributed by atoms with E-state index in [1.807, 2.05) is 56.4 Å². The first-order valence-corrected chi connectivity index (χ1v) is 52.0. The van der Waals surface area contributed by atoms with Crippen LogP contribution in [0.3, 0.4) is 0 Å². The monoisotopic (exact) mass is 1900 g/mol. The van der Waals surface area contributed by atoms with Gasteiger partial charge in [-0.25, -0.2) is 9.15 Å². The van der Waals surface area contributed by atoms with Crippen LogP contribution in [-0.2, 0) is 94.9 Å². The van der Waals surface area contributed by atoms with E-state index in [0.29, 0.717) is 236 Å². The average Bonchev–Trinajstić information content (AvgIpc) is 0.721. The molecule has 2 aliphatic heterocycles. The third kappa shape index (κ3) is 37.0. The molecule has 0 bridgehead atoms. The summed E-state index contributed by atoms with van der Waals surface area (Å²) in [6, 6.07) is 22.3. The van der Waals surface area contributed by atoms with Crippen molar-refractivity contribution in [3.05, 3.63) is 175 Å². The molecule has 0 fully saturated rings. The second-order valence-electron chi connectivity index (χ2n) is 33.3. The summed E-state index contributed by atoms with van der Waals surface area (Å²) in [5.41, 5.74) is 11.1. The van der Waals surface area contributed by atoms with Gasteiger partial charge in [-0.2, -0.15) is 0 Å². The highest BCUT2D eigenvalue weighted by molar-refractivity contribution is 6.98. The first-order chi connectivity index (χ1) is 64.8. The van der Waals surface area contributed by atoms with Gasteiger partial charge >= 0.3 is 0 Å². The van der Waals surface area contributed by atoms with Gasteiger partial charge in [0.05, 0.1) is 250 Å². The van der Waals surface area contributed by atoms with Crippen molar-refractivity contribution in [2.75, 3.05) is 330 Å². The highest BCUT2D eigenvalue weighted by atomic mass is 28.3. The van der Waals surface area contributed by atoms with Crippen LogP contribution in [0.25, 0.3) is 11.1 Å². The van der Waals surface area contributed by atoms with Crippen LogP contribution in [0, 0.1) is 0 Å². The first-order valence-electron chi connectivity index (χ1n) is 46.0. The van der Waals surface area contributed by atoms with Gasteiger partial charge in [-0.3, -0.25) is 19.2 Å². The topological polar surface area (TPSA) is 375 Å². The Labute approximate surface area is 791 Å². The van der Waals surface area contributed by atoms with Gasteiger partial charge in [0.25, 0.3) is 11.8 Å². The van der Waals surface area contributed by atoms with Crippen molar-refractivity contribution in [3.8, 4) is 0 Å². The predicted molar refractivity (Wildman–Crippen MR) is 513 cm³/mol. The zero-order valence-electron chi connectivity index (χ0n) is 80.5. The van der Waals surface area contributed by atoms with E-state index in [-0.39, 0.29) is 86.4 Å². The number of nitrogens with zero attached hydrogens (tertiary/aromatic N) is 4. The van der Waals surface area contributed by atoms with Crippen LogP contribution in [-0.4, -0.2) is 393 Å². The molecule has 0 unspecified atom stereocenters. The van der Waals surface area contributed by atoms with Crippen LogP contribution in [0.4, 0.5) is 11.4 Å². The summed E-state index contributed by atoms with van der Waals surface area (Å²) in [4.78, 5) is 80.8. The maximum atomic E-state index is 13.3. The Balaban J connectivity index is 0.482. The Morgan fingerprint density at radius 1 is 0.306 bits per heavy atom. The van der Waals surface area contributed by atoms with Gasteiger partial charge in [0.1, 0.15) is 44.3 Å². The number of amides is 4. The standard InChI is InChI=1S/C98H142N8O26Si2/c1-103(2)75-15-21-81-87(69-75)133(9,10)88-70-76(104(3)4)16-22-82(88)93(81)79-19-13-73(67-85(79)97(111)112)95(109)101-29-35-119-41-47-125-51-49-121-43-37-115-31-25-91(107)99-27-33-117-39-45-123-53-55-127-57-59-129-61-63-131-65-66-132-64-62-130-60-58-128-56-54-124-46-40-118-34-28-100-92(108)26-32-116-38-44-122-50-52-126-48-42-120-36-30-102-96(110)74-14-20-80(86(68-74)98(113)114)94-83-23-17-77(105(5)6)71-89(83)134(11,12)90-72-78(106(7)8)18-24-84(90)94/h13-24,67-72H,25-66H2,1-12H3,(H4-2,99,100,101,102,107,108,109,110,111,112,113,114). The summed E-state index contributed by atoms with van der Waals surface area (Å²) in [6.07, 6.45) is 13.1. The fourth-order valence-corrected chi connectivity index (χ4v) is 20.9. The van der Waals surface area contributed by atoms with Crippen LogP contribution in [0.5, 0.6) is 0 Å². The molecule has 738 valence electrons. The maximum Gasteiger partial charge on any atom is 0.251 e. The number of rotatable bonds is 71. The van der Waals surface area contributed by atoms with Crippen LogP contribution in [0.1, 0.15) is 76.5 Å². The second kappa shape index (κ2) is 61.1. The molecule has 2 aliphatic carbocycles. The summed E-state index contributed by atoms with van der Waals surface area (Å²) in [7, 11) is 11.5. The van der Waals surface area contributed by atoms with Crippen LogP contribution in [0.15, 0.2) is 131 Å². The zero-order valence-corrected chi connectivity index (χ0v) is 82.5. The number of aromatic carboxylic acids is 2. The molecular formula is C98H142N8O26Si2. The first kappa shape index (κ1) is 110. The minimum absolute atomic E-state index is 0.0603. The fraction of sp³-hybridized carbons (Fsp3) is 0.551. The van der Waals surface area contributed by atoms with Gasteiger partial charge in [-0.1, -0.05) is 50.5 Å². The number of anilines is 2. The molecule has 4 amide bonds. The molecule has 4 aromatic rings. The molecule has 134 heavy (non-hydrogen) atoms. The van der Waals surface area contributed by atoms with Gasteiger partial charge in [0.2, 0.25) is 11.8 Å². The molecule has 0 radical (unpaired) electrons. The van der Waals surface area contributed by atoms with Crippen molar-refractivity contribution in [3.63, 3.8) is 0 Å². The lowest BCUT2D eigenvalue weighted by molar-refractivity contribution is -0.462. The average molecular weight is 1900 g/mol. The van der Waals surface area contributed by atoms with Crippen molar-refractivity contribution < 1.29 is 133 Å². The Bertz CT molecular complexity index is 4380. The minimum Gasteiger partial charge on any atom is -0.545 e. The number of carboxylic acid groups (broad SMARTS) is 2. The molecule has 36 heteroatoms. The highest BCUT2D eigenvalue weighted by Crippen LogP contribution is 2.45. The van der Waals surface area contributed by atoms with E-state index < -0.39 is 39.9 Å². The van der Waals surface area contributed by atoms with Crippen molar-refractivity contribution in [2.45, 2.75) is 39.0 Å². The van der Waals surface area contributed by atoms with E-state index in [4.69, 9.17) is 85.3 Å². The van der Waals surface area contributed by atoms with Crippen LogP contribution >= 0.6 is 0 Å². The van der Waals surface area contributed by atoms with Crippen LogP contribution < -0.4 is 51.7 Å². The lowest BCUT2D eigenvalue weighted by Gasteiger charge is -2.38. The zero-order chi connectivity index (χ0) is 96.3. The van der Waals surface area contributed by atoms with E-state index in [2.05, 4.69) is 139 Å². The van der Waals surface area contributed by atoms with Gasteiger partial charge in [0, 0.05) is 125 Å². The highest BCUT2D eigenvalue weighted by Gasteiger charge is 2.43. The molecule has 0 atom stereocenters. The van der Waals surface area contributed by atoms with Gasteiger partial charge < -0.3 is 136 Å². The number of ether oxygens (including phenoxy) is 18. The van der Waals surface area contributed by atoms with Crippen molar-refractivity contribution in [2.24, 2.45) is 0 Å². The summed E-state index contributed by atoms with van der Waals surface area (Å²) in [6.45, 7) is 23.8. The normalized spacial score (nSPS) is 14.0. The molecule has 8 rings (SSSR count). The summed E-state index contributed by atoms with van der Waals surface area (Å²) >= 11 is 0. The quantitative estimate of drug-likeness (QED) is 0.0280. The molecule has 0 aromatic heterocycles. The van der Waals surface area contributed by atoms with Crippen molar-refractivity contribution in [1.29, 1.82) is 0 Å². The number of hydrogen-bond acceptors (Lipinski definition) is 28. The molecule has 34 nitrogen and oxygen atoms in total. The fourth-order valence-electron chi connectivity index (χ4n) is 14.8. The summed E-state index contributed by atoms with van der Waals surface area (Å²) in [5.74, 6) is -3.87. The number of allylic oxidation sites excluding steroid dienone is 10. The van der Waals surface area contributed by atoms with E-state index in [1.54, 1.807) is 24.3 Å². The Hall–Kier alpha value is -9.21. The Morgan fingerprint density at radius 3 is 0.791 bits per heavy atom. The lowest BCUT2D eigenvalue weighted by Crippen LogP contribution is -2.50. The third-order valence-corrected chi connectivity index (χ3v) is 29.2. The number of carbonyl (C=O) groups is 6. The second-order valence-corrected chi connectivity index (χ2v) is 42.0. The Morgan fingerprint density at radius 2 is 0.545 bits per heavy atom. The molecule has 0 saturated heterocycles. The molecule has 2 heterocycles. The number of benzene rings is 4. The van der Waals surface area contributed by atoms with Gasteiger partial charge in [-0.15, -0.1) is 0 Å². The minimum atomic E-state index is -2.26. The molecule has 0 saturated carbocycles. The van der Waals surface area contributed by atoms with Gasteiger partial charge in [0.15, 0.2) is 11.4 Å². The molecule has 0 spiro atoms. The van der Waals surface area contributed by atoms with Crippen molar-refractivity contribution in [1.82, 2.24) is 21.3 Å².